The van der Waals surface area contributed by atoms with E-state index >= 15 is 0 Å². The highest BCUT2D eigenvalue weighted by Crippen LogP contribution is 2.20. The van der Waals surface area contributed by atoms with Crippen molar-refractivity contribution < 1.29 is 28.6 Å². The summed E-state index contributed by atoms with van der Waals surface area (Å²) in [6, 6.07) is 0. The van der Waals surface area contributed by atoms with Crippen molar-refractivity contribution in [3.05, 3.63) is 0 Å². The van der Waals surface area contributed by atoms with Gasteiger partial charge in [-0.1, -0.05) is 406 Å². The molecule has 0 heterocycles. The van der Waals surface area contributed by atoms with Crippen molar-refractivity contribution in [2.45, 2.75) is 451 Å². The van der Waals surface area contributed by atoms with Crippen LogP contribution in [0.1, 0.15) is 445 Å². The fourth-order valence-electron chi connectivity index (χ4n) is 12.0. The van der Waals surface area contributed by atoms with Crippen LogP contribution < -0.4 is 0 Å². The predicted octanol–water partition coefficient (Wildman–Crippen LogP) is 25.8. The molecule has 0 aromatic rings. The van der Waals surface area contributed by atoms with E-state index in [0.29, 0.717) is 19.3 Å². The summed E-state index contributed by atoms with van der Waals surface area (Å²) in [5.41, 5.74) is 0. The lowest BCUT2D eigenvalue weighted by atomic mass is 10.0. The second-order valence-corrected chi connectivity index (χ2v) is 25.9. The molecule has 0 radical (unpaired) electrons. The van der Waals surface area contributed by atoms with Gasteiger partial charge in [-0.2, -0.15) is 0 Å². The minimum Gasteiger partial charge on any atom is -0.462 e. The molecule has 0 rings (SSSR count). The number of unbranched alkanes of at least 4 members (excludes halogenated alkanes) is 60. The zero-order valence-electron chi connectivity index (χ0n) is 55.6. The van der Waals surface area contributed by atoms with E-state index in [1.807, 2.05) is 0 Å². The Morgan fingerprint density at radius 1 is 0.198 bits per heavy atom. The summed E-state index contributed by atoms with van der Waals surface area (Å²) in [5, 5.41) is 0. The van der Waals surface area contributed by atoms with E-state index in [1.54, 1.807) is 0 Å². The van der Waals surface area contributed by atoms with E-state index in [-0.39, 0.29) is 31.1 Å². The third-order valence-electron chi connectivity index (χ3n) is 17.6. The van der Waals surface area contributed by atoms with Crippen molar-refractivity contribution in [1.29, 1.82) is 0 Å². The van der Waals surface area contributed by atoms with Gasteiger partial charge in [0.15, 0.2) is 6.10 Å². The molecule has 0 aliphatic carbocycles. The molecule has 0 N–H and O–H groups in total. The minimum atomic E-state index is -0.763. The van der Waals surface area contributed by atoms with E-state index in [0.717, 1.165) is 57.8 Å². The zero-order valence-corrected chi connectivity index (χ0v) is 55.6. The molecule has 0 amide bonds. The van der Waals surface area contributed by atoms with Gasteiger partial charge >= 0.3 is 17.9 Å². The Kier molecular flexibility index (Phi) is 69.5. The van der Waals surface area contributed by atoms with E-state index in [1.165, 1.54) is 347 Å². The summed E-state index contributed by atoms with van der Waals surface area (Å²) < 4.78 is 17.0. The van der Waals surface area contributed by atoms with Crippen LogP contribution in [0.3, 0.4) is 0 Å². The first-order valence-corrected chi connectivity index (χ1v) is 37.5. The lowest BCUT2D eigenvalue weighted by Crippen LogP contribution is -2.30. The van der Waals surface area contributed by atoms with Gasteiger partial charge in [0.25, 0.3) is 0 Å². The molecular weight excluding hydrogens is 997 g/mol. The molecule has 0 saturated carbocycles. The van der Waals surface area contributed by atoms with Crippen LogP contribution in [0.4, 0.5) is 0 Å². The molecule has 0 aliphatic rings. The maximum atomic E-state index is 12.9. The summed E-state index contributed by atoms with van der Waals surface area (Å²) in [7, 11) is 0. The van der Waals surface area contributed by atoms with Crippen molar-refractivity contribution in [1.82, 2.24) is 0 Å². The average molecular weight is 1140 g/mol. The maximum absolute atomic E-state index is 12.9. The molecule has 1 atom stereocenters. The van der Waals surface area contributed by atoms with E-state index in [2.05, 4.69) is 20.8 Å². The van der Waals surface area contributed by atoms with Gasteiger partial charge in [0, 0.05) is 19.3 Å². The van der Waals surface area contributed by atoms with Crippen molar-refractivity contribution in [2.75, 3.05) is 13.2 Å². The predicted molar refractivity (Wildman–Crippen MR) is 354 cm³/mol. The van der Waals surface area contributed by atoms with Gasteiger partial charge in [0.05, 0.1) is 0 Å². The van der Waals surface area contributed by atoms with Gasteiger partial charge in [0.1, 0.15) is 13.2 Å². The normalized spacial score (nSPS) is 11.9. The standard InChI is InChI=1S/C75H146O6/c1-4-7-10-13-16-19-22-24-26-28-30-32-34-36-37-38-39-40-42-43-45-47-49-51-53-56-59-62-65-68-74(77)80-71-72(70-79-73(76)67-64-61-58-55-21-18-15-12-9-6-3)81-75(78)69-66-63-60-57-54-52-50-48-46-44-41-35-33-31-29-27-25-23-20-17-14-11-8-5-2/h72H,4-71H2,1-3H3. The van der Waals surface area contributed by atoms with Gasteiger partial charge < -0.3 is 14.2 Å². The average Bonchev–Trinajstić information content (AvgIpc) is 3.47. The highest BCUT2D eigenvalue weighted by Gasteiger charge is 2.20. The molecule has 1 unspecified atom stereocenters. The maximum Gasteiger partial charge on any atom is 0.306 e. The summed E-state index contributed by atoms with van der Waals surface area (Å²) in [6.45, 7) is 6.73. The smallest absolute Gasteiger partial charge is 0.306 e. The fraction of sp³-hybridized carbons (Fsp3) is 0.960. The van der Waals surface area contributed by atoms with Crippen molar-refractivity contribution in [3.63, 3.8) is 0 Å². The van der Waals surface area contributed by atoms with Gasteiger partial charge in [-0.25, -0.2) is 0 Å². The Hall–Kier alpha value is -1.59. The molecule has 0 aromatic carbocycles. The number of esters is 3. The number of carbonyl (C=O) groups is 3. The van der Waals surface area contributed by atoms with Crippen molar-refractivity contribution in [3.8, 4) is 0 Å². The first-order chi connectivity index (χ1) is 40.0. The monoisotopic (exact) mass is 1140 g/mol. The van der Waals surface area contributed by atoms with Gasteiger partial charge in [-0.05, 0) is 19.3 Å². The Labute approximate surface area is 508 Å². The summed E-state index contributed by atoms with van der Waals surface area (Å²) in [6.07, 6.45) is 84.6. The van der Waals surface area contributed by atoms with Gasteiger partial charge in [-0.3, -0.25) is 14.4 Å². The minimum absolute atomic E-state index is 0.0604. The Balaban J connectivity index is 4.06. The number of ether oxygens (including phenoxy) is 3. The molecule has 0 aliphatic heterocycles. The number of hydrogen-bond acceptors (Lipinski definition) is 6. The SMILES string of the molecule is CCCCCCCCCCCCCCCCCCCCCCCCCCCCCCCC(=O)OCC(COC(=O)CCCCCCCCCCCC)OC(=O)CCCCCCCCCCCCCCCCCCCCCCCCCC. The number of carbonyl (C=O) groups excluding carboxylic acids is 3. The third kappa shape index (κ3) is 69.1. The Morgan fingerprint density at radius 2 is 0.333 bits per heavy atom. The van der Waals surface area contributed by atoms with E-state index in [9.17, 15) is 14.4 Å². The third-order valence-corrected chi connectivity index (χ3v) is 17.6. The summed E-state index contributed by atoms with van der Waals surface area (Å²) >= 11 is 0. The highest BCUT2D eigenvalue weighted by atomic mass is 16.6. The summed E-state index contributed by atoms with van der Waals surface area (Å²) in [5.74, 6) is -0.822. The van der Waals surface area contributed by atoms with E-state index < -0.39 is 6.10 Å². The van der Waals surface area contributed by atoms with Gasteiger partial charge in [0.2, 0.25) is 0 Å². The quantitative estimate of drug-likeness (QED) is 0.0343. The fourth-order valence-corrected chi connectivity index (χ4v) is 12.0. The molecule has 6 heteroatoms. The first-order valence-electron chi connectivity index (χ1n) is 37.5. The molecule has 0 aromatic heterocycles. The molecule has 482 valence electrons. The lowest BCUT2D eigenvalue weighted by Gasteiger charge is -2.18. The molecule has 0 spiro atoms. The van der Waals surface area contributed by atoms with Crippen molar-refractivity contribution in [2.24, 2.45) is 0 Å². The van der Waals surface area contributed by atoms with Crippen LogP contribution in [0.5, 0.6) is 0 Å². The second kappa shape index (κ2) is 70.9. The lowest BCUT2D eigenvalue weighted by molar-refractivity contribution is -0.167. The van der Waals surface area contributed by atoms with Crippen LogP contribution in [0.25, 0.3) is 0 Å². The van der Waals surface area contributed by atoms with Crippen LogP contribution in [0.15, 0.2) is 0 Å². The Morgan fingerprint density at radius 3 is 0.494 bits per heavy atom. The van der Waals surface area contributed by atoms with E-state index in [4.69, 9.17) is 14.2 Å². The largest absolute Gasteiger partial charge is 0.462 e. The van der Waals surface area contributed by atoms with Crippen LogP contribution in [0.2, 0.25) is 0 Å². The zero-order chi connectivity index (χ0) is 58.5. The first kappa shape index (κ1) is 79.4. The topological polar surface area (TPSA) is 78.9 Å². The molecule has 0 saturated heterocycles. The van der Waals surface area contributed by atoms with Crippen LogP contribution in [-0.4, -0.2) is 37.2 Å². The number of rotatable bonds is 71. The van der Waals surface area contributed by atoms with Crippen LogP contribution in [0, 0.1) is 0 Å². The summed E-state index contributed by atoms with van der Waals surface area (Å²) in [4.78, 5) is 38.4. The Bertz CT molecular complexity index is 1220. The van der Waals surface area contributed by atoms with Gasteiger partial charge in [-0.15, -0.1) is 0 Å². The molecular formula is C75H146O6. The molecule has 81 heavy (non-hydrogen) atoms. The second-order valence-electron chi connectivity index (χ2n) is 25.9. The van der Waals surface area contributed by atoms with Crippen LogP contribution in [-0.2, 0) is 28.6 Å². The molecule has 0 bridgehead atoms. The number of hydrogen-bond donors (Lipinski definition) is 0. The van der Waals surface area contributed by atoms with Crippen LogP contribution >= 0.6 is 0 Å². The highest BCUT2D eigenvalue weighted by molar-refractivity contribution is 5.71. The van der Waals surface area contributed by atoms with Crippen molar-refractivity contribution >= 4 is 17.9 Å². The molecule has 0 fully saturated rings. The molecule has 6 nitrogen and oxygen atoms in total.